The molecule has 2 aliphatic heterocycles. The number of carbonyl (C=O) groups excluding carboxylic acids is 1. The Labute approximate surface area is 228 Å². The highest BCUT2D eigenvalue weighted by Crippen LogP contribution is 2.44. The van der Waals surface area contributed by atoms with E-state index < -0.39 is 17.4 Å². The van der Waals surface area contributed by atoms with Crippen molar-refractivity contribution in [2.75, 3.05) is 23.7 Å². The molecule has 0 saturated carbocycles. The van der Waals surface area contributed by atoms with Crippen molar-refractivity contribution in [3.63, 3.8) is 0 Å². The van der Waals surface area contributed by atoms with Crippen molar-refractivity contribution in [3.05, 3.63) is 70.5 Å². The molecular weight excluding hydrogens is 532 g/mol. The number of halogens is 4. The molecule has 1 saturated heterocycles. The second kappa shape index (κ2) is 11.4. The molecule has 2 atom stereocenters. The highest BCUT2D eigenvalue weighted by molar-refractivity contribution is 7.99. The highest BCUT2D eigenvalue weighted by Gasteiger charge is 2.38. The molecule has 2 aliphatic rings. The summed E-state index contributed by atoms with van der Waals surface area (Å²) in [5, 5.41) is 0.249. The summed E-state index contributed by atoms with van der Waals surface area (Å²) >= 11 is 1.28. The van der Waals surface area contributed by atoms with Gasteiger partial charge in [0.1, 0.15) is 5.82 Å². The number of hydrogen-bond donors (Lipinski definition) is 0. The first kappa shape index (κ1) is 28.7. The summed E-state index contributed by atoms with van der Waals surface area (Å²) in [6, 6.07) is 0.526. The number of alkyl halides is 3. The summed E-state index contributed by atoms with van der Waals surface area (Å²) < 4.78 is 57.5. The third kappa shape index (κ3) is 5.68. The number of benzene rings is 1. The lowest BCUT2D eigenvalue weighted by molar-refractivity contribution is -0.137. The number of aromatic nitrogens is 2. The van der Waals surface area contributed by atoms with Crippen molar-refractivity contribution < 1.29 is 22.4 Å². The first-order valence-electron chi connectivity index (χ1n) is 12.6. The minimum absolute atomic E-state index is 0.0383. The Morgan fingerprint density at radius 2 is 1.92 bits per heavy atom. The van der Waals surface area contributed by atoms with Gasteiger partial charge >= 0.3 is 11.9 Å². The maximum atomic E-state index is 14.5. The Kier molecular flexibility index (Phi) is 8.39. The second-order valence-electron chi connectivity index (χ2n) is 9.75. The summed E-state index contributed by atoms with van der Waals surface area (Å²) in [6.07, 6.45) is 3.07. The minimum atomic E-state index is -4.68. The van der Waals surface area contributed by atoms with Crippen LogP contribution in [-0.4, -0.2) is 51.3 Å². The maximum absolute atomic E-state index is 14.5. The van der Waals surface area contributed by atoms with Gasteiger partial charge in [-0.25, -0.2) is 9.18 Å². The zero-order chi connectivity index (χ0) is 28.5. The molecule has 2 aromatic rings. The van der Waals surface area contributed by atoms with Crippen LogP contribution in [0.4, 0.5) is 23.4 Å². The van der Waals surface area contributed by atoms with Crippen LogP contribution in [0.5, 0.6) is 0 Å². The average molecular weight is 563 g/mol. The lowest BCUT2D eigenvalue weighted by atomic mass is 10.0. The third-order valence-corrected chi connectivity index (χ3v) is 8.11. The van der Waals surface area contributed by atoms with Gasteiger partial charge in [-0.05, 0) is 56.7 Å². The maximum Gasteiger partial charge on any atom is 0.417 e. The van der Waals surface area contributed by atoms with Crippen LogP contribution < -0.4 is 10.6 Å². The third-order valence-electron chi connectivity index (χ3n) is 6.91. The molecule has 0 aliphatic carbocycles. The topological polar surface area (TPSA) is 58.4 Å². The lowest BCUT2D eigenvalue weighted by Gasteiger charge is -2.44. The normalized spacial score (nSPS) is 20.7. The van der Waals surface area contributed by atoms with E-state index in [0.29, 0.717) is 54.1 Å². The van der Waals surface area contributed by atoms with Gasteiger partial charge in [0.15, 0.2) is 0 Å². The van der Waals surface area contributed by atoms with Crippen molar-refractivity contribution in [1.29, 1.82) is 0 Å². The molecule has 2 unspecified atom stereocenters. The number of piperazine rings is 1. The van der Waals surface area contributed by atoms with E-state index in [2.05, 4.69) is 11.6 Å². The molecule has 1 aromatic carbocycles. The standard InChI is InChI=1S/C28H30F4N4O2S/c1-5-23(37)36-18(3)15-34(16-19(36)4)26-21-14-22(28(30,31)32)20(9-6-8-17(2)10-11-29)25-24(21)35(27(38)33-26)12-7-13-39-25/h5-6,8-11,14,18-19H,1,7,12-13,15-16H2,2-4H3/b9-6+,11-10+,17-8-. The zero-order valence-electron chi connectivity index (χ0n) is 22.0. The van der Waals surface area contributed by atoms with Crippen molar-refractivity contribution in [2.45, 2.75) is 56.9 Å². The average Bonchev–Trinajstić information content (AvgIpc) is 3.09. The summed E-state index contributed by atoms with van der Waals surface area (Å²) in [5.41, 5.74) is -0.442. The van der Waals surface area contributed by atoms with Gasteiger partial charge < -0.3 is 9.80 Å². The van der Waals surface area contributed by atoms with Crippen molar-refractivity contribution in [2.24, 2.45) is 0 Å². The van der Waals surface area contributed by atoms with Crippen LogP contribution in [-0.2, 0) is 17.5 Å². The number of anilines is 1. The van der Waals surface area contributed by atoms with Crippen LogP contribution in [0, 0.1) is 0 Å². The zero-order valence-corrected chi connectivity index (χ0v) is 22.8. The van der Waals surface area contributed by atoms with E-state index in [0.717, 1.165) is 6.07 Å². The number of nitrogens with zero attached hydrogens (tertiary/aromatic N) is 4. The van der Waals surface area contributed by atoms with Gasteiger partial charge in [-0.2, -0.15) is 18.2 Å². The van der Waals surface area contributed by atoms with E-state index in [-0.39, 0.29) is 34.8 Å². The van der Waals surface area contributed by atoms with E-state index >= 15 is 0 Å². The molecule has 0 radical (unpaired) electrons. The van der Waals surface area contributed by atoms with Gasteiger partial charge in [-0.3, -0.25) is 9.36 Å². The molecule has 3 heterocycles. The summed E-state index contributed by atoms with van der Waals surface area (Å²) in [7, 11) is 0. The summed E-state index contributed by atoms with van der Waals surface area (Å²) in [4.78, 5) is 33.8. The lowest BCUT2D eigenvalue weighted by Crippen LogP contribution is -2.58. The molecule has 4 rings (SSSR count). The van der Waals surface area contributed by atoms with E-state index in [4.69, 9.17) is 0 Å². The van der Waals surface area contributed by atoms with Crippen LogP contribution in [0.3, 0.4) is 0 Å². The van der Waals surface area contributed by atoms with E-state index in [1.807, 2.05) is 13.8 Å². The van der Waals surface area contributed by atoms with Gasteiger partial charge in [0.25, 0.3) is 0 Å². The van der Waals surface area contributed by atoms with Gasteiger partial charge in [0, 0.05) is 47.6 Å². The number of aryl methyl sites for hydroxylation is 1. The monoisotopic (exact) mass is 562 g/mol. The van der Waals surface area contributed by atoms with Gasteiger partial charge in [-0.1, -0.05) is 24.8 Å². The molecule has 6 nitrogen and oxygen atoms in total. The van der Waals surface area contributed by atoms with Crippen molar-refractivity contribution in [1.82, 2.24) is 14.5 Å². The van der Waals surface area contributed by atoms with E-state index in [1.165, 1.54) is 46.7 Å². The van der Waals surface area contributed by atoms with Gasteiger partial charge in [0.2, 0.25) is 5.91 Å². The first-order chi connectivity index (χ1) is 18.5. The van der Waals surface area contributed by atoms with Crippen LogP contribution in [0.25, 0.3) is 17.0 Å². The van der Waals surface area contributed by atoms with Crippen LogP contribution in [0.15, 0.2) is 58.5 Å². The molecule has 1 amide bonds. The van der Waals surface area contributed by atoms with Crippen LogP contribution in [0.1, 0.15) is 38.3 Å². The van der Waals surface area contributed by atoms with Crippen molar-refractivity contribution in [3.8, 4) is 0 Å². The molecular formula is C28H30F4N4O2S. The summed E-state index contributed by atoms with van der Waals surface area (Å²) in [6.45, 7) is 9.83. The predicted molar refractivity (Wildman–Crippen MR) is 148 cm³/mol. The molecule has 0 bridgehead atoms. The smallest absolute Gasteiger partial charge is 0.352 e. The number of amides is 1. The van der Waals surface area contributed by atoms with E-state index in [1.54, 1.807) is 16.7 Å². The number of thioether (sulfide) groups is 1. The minimum Gasteiger partial charge on any atom is -0.352 e. The first-order valence-corrected chi connectivity index (χ1v) is 13.6. The SMILES string of the molecule is C=CC(=O)N1C(C)CN(c2nc(=O)n3c4c(c(/C=C/C=C(C)\C=C\F)c(C(F)(F)F)cc24)SCCC3)CC1C. The second-order valence-corrected chi connectivity index (χ2v) is 10.9. The largest absolute Gasteiger partial charge is 0.417 e. The predicted octanol–water partition coefficient (Wildman–Crippen LogP) is 5.97. The fraction of sp³-hybridized carbons (Fsp3) is 0.393. The molecule has 0 N–H and O–H groups in total. The number of rotatable bonds is 5. The Morgan fingerprint density at radius 3 is 2.54 bits per heavy atom. The highest BCUT2D eigenvalue weighted by atomic mass is 32.2. The fourth-order valence-electron chi connectivity index (χ4n) is 5.29. The molecule has 39 heavy (non-hydrogen) atoms. The van der Waals surface area contributed by atoms with Crippen molar-refractivity contribution >= 4 is 40.5 Å². The Hall–Kier alpha value is -3.34. The van der Waals surface area contributed by atoms with E-state index in [9.17, 15) is 27.2 Å². The quantitative estimate of drug-likeness (QED) is 0.256. The Morgan fingerprint density at radius 1 is 1.23 bits per heavy atom. The van der Waals surface area contributed by atoms with Gasteiger partial charge in [0.05, 0.1) is 17.4 Å². The molecule has 1 fully saturated rings. The van der Waals surface area contributed by atoms with Crippen LogP contribution in [0.2, 0.25) is 0 Å². The fourth-order valence-corrected chi connectivity index (χ4v) is 6.45. The van der Waals surface area contributed by atoms with Crippen LogP contribution >= 0.6 is 11.8 Å². The summed E-state index contributed by atoms with van der Waals surface area (Å²) in [5.74, 6) is 0.489. The molecule has 0 spiro atoms. The molecule has 1 aromatic heterocycles. The number of carbonyl (C=O) groups is 1. The van der Waals surface area contributed by atoms with Gasteiger partial charge in [-0.15, -0.1) is 11.8 Å². The molecule has 208 valence electrons. The Balaban J connectivity index is 1.97. The Bertz CT molecular complexity index is 1430. The molecule has 11 heteroatoms. The number of allylic oxidation sites excluding steroid dienone is 4. The number of hydrogen-bond acceptors (Lipinski definition) is 5.